The van der Waals surface area contributed by atoms with Crippen molar-refractivity contribution < 1.29 is 27.5 Å². The van der Waals surface area contributed by atoms with Crippen molar-refractivity contribution in [3.8, 4) is 0 Å². The summed E-state index contributed by atoms with van der Waals surface area (Å²) in [5.74, 6) is -1.03. The van der Waals surface area contributed by atoms with E-state index in [1.54, 1.807) is 26.8 Å². The Hall–Kier alpha value is -1.83. The van der Waals surface area contributed by atoms with Crippen molar-refractivity contribution in [2.75, 3.05) is 19.6 Å². The molecular formula is C17H22F4N2O2. The van der Waals surface area contributed by atoms with Gasteiger partial charge in [-0.25, -0.2) is 9.18 Å². The third-order valence-corrected chi connectivity index (χ3v) is 4.30. The molecular weight excluding hydrogens is 340 g/mol. The van der Waals surface area contributed by atoms with Crippen molar-refractivity contribution >= 4 is 6.09 Å². The quantitative estimate of drug-likeness (QED) is 0.829. The van der Waals surface area contributed by atoms with Crippen LogP contribution < -0.4 is 0 Å². The van der Waals surface area contributed by atoms with Crippen LogP contribution in [0.2, 0.25) is 0 Å². The molecule has 1 aliphatic rings. The number of rotatable bonds is 3. The molecule has 1 aromatic rings. The summed E-state index contributed by atoms with van der Waals surface area (Å²) in [7, 11) is 0. The Bertz CT molecular complexity index is 628. The summed E-state index contributed by atoms with van der Waals surface area (Å²) < 4.78 is 52.0. The normalized spacial score (nSPS) is 22.2. The van der Waals surface area contributed by atoms with Gasteiger partial charge in [-0.15, -0.1) is 0 Å². The van der Waals surface area contributed by atoms with Crippen molar-refractivity contribution in [2.24, 2.45) is 0 Å². The van der Waals surface area contributed by atoms with Gasteiger partial charge in [0.2, 0.25) is 0 Å². The first-order chi connectivity index (χ1) is 11.4. The largest absolute Gasteiger partial charge is 0.465 e. The topological polar surface area (TPSA) is 43.8 Å². The Morgan fingerprint density at radius 3 is 2.40 bits per heavy atom. The highest BCUT2D eigenvalue weighted by atomic mass is 19.4. The molecule has 0 bridgehead atoms. The second-order valence-electron chi connectivity index (χ2n) is 7.36. The van der Waals surface area contributed by atoms with Crippen molar-refractivity contribution in [1.29, 1.82) is 0 Å². The molecule has 0 aliphatic carbocycles. The molecule has 0 unspecified atom stereocenters. The first-order valence-electron chi connectivity index (χ1n) is 7.95. The van der Waals surface area contributed by atoms with E-state index in [1.165, 1.54) is 28.0 Å². The highest BCUT2D eigenvalue weighted by Crippen LogP contribution is 2.36. The minimum atomic E-state index is -4.38. The zero-order chi connectivity index (χ0) is 19.0. The number of nitrogens with zero attached hydrogens (tertiary/aromatic N) is 2. The summed E-state index contributed by atoms with van der Waals surface area (Å²) in [6, 6.07) is 4.93. The Labute approximate surface area is 144 Å². The third kappa shape index (κ3) is 4.84. The number of benzene rings is 1. The Kier molecular flexibility index (Phi) is 5.32. The van der Waals surface area contributed by atoms with E-state index in [4.69, 9.17) is 0 Å². The van der Waals surface area contributed by atoms with Crippen LogP contribution in [0.3, 0.4) is 0 Å². The van der Waals surface area contributed by atoms with Crippen LogP contribution >= 0.6 is 0 Å². The van der Waals surface area contributed by atoms with Crippen LogP contribution in [0.25, 0.3) is 0 Å². The number of carboxylic acid groups (broad SMARTS) is 1. The van der Waals surface area contributed by atoms with Gasteiger partial charge in [-0.1, -0.05) is 12.1 Å². The van der Waals surface area contributed by atoms with E-state index >= 15 is 0 Å². The molecule has 0 saturated carbocycles. The average Bonchev–Trinajstić information content (AvgIpc) is 2.77. The molecule has 1 fully saturated rings. The van der Waals surface area contributed by atoms with E-state index in [0.29, 0.717) is 5.56 Å². The van der Waals surface area contributed by atoms with E-state index in [0.717, 1.165) is 0 Å². The van der Waals surface area contributed by atoms with Gasteiger partial charge in [-0.3, -0.25) is 9.80 Å². The smallest absolute Gasteiger partial charge is 0.408 e. The minimum Gasteiger partial charge on any atom is -0.465 e. The van der Waals surface area contributed by atoms with Crippen LogP contribution in [0.15, 0.2) is 24.3 Å². The van der Waals surface area contributed by atoms with Crippen LogP contribution in [-0.2, 0) is 0 Å². The summed E-state index contributed by atoms with van der Waals surface area (Å²) in [6.45, 7) is 3.92. The first kappa shape index (κ1) is 19.5. The molecule has 1 aliphatic heterocycles. The van der Waals surface area contributed by atoms with Gasteiger partial charge in [0.25, 0.3) is 0 Å². The highest BCUT2D eigenvalue weighted by molar-refractivity contribution is 5.67. The van der Waals surface area contributed by atoms with Crippen LogP contribution in [0.5, 0.6) is 0 Å². The summed E-state index contributed by atoms with van der Waals surface area (Å²) >= 11 is 0. The van der Waals surface area contributed by atoms with Gasteiger partial charge in [0.05, 0.1) is 12.6 Å². The summed E-state index contributed by atoms with van der Waals surface area (Å²) in [4.78, 5) is 14.1. The maximum Gasteiger partial charge on any atom is 0.408 e. The predicted octanol–water partition coefficient (Wildman–Crippen LogP) is 3.93. The molecule has 1 aromatic carbocycles. The van der Waals surface area contributed by atoms with E-state index in [9.17, 15) is 27.5 Å². The molecule has 1 saturated heterocycles. The van der Waals surface area contributed by atoms with Crippen LogP contribution in [0.1, 0.15) is 32.3 Å². The predicted molar refractivity (Wildman–Crippen MR) is 85.0 cm³/mol. The van der Waals surface area contributed by atoms with Gasteiger partial charge in [0, 0.05) is 24.5 Å². The molecule has 0 radical (unpaired) electrons. The van der Waals surface area contributed by atoms with Crippen molar-refractivity contribution in [2.45, 2.75) is 44.4 Å². The van der Waals surface area contributed by atoms with E-state index in [-0.39, 0.29) is 13.1 Å². The van der Waals surface area contributed by atoms with Gasteiger partial charge >= 0.3 is 12.3 Å². The number of alkyl halides is 3. The second kappa shape index (κ2) is 6.82. The molecule has 8 heteroatoms. The van der Waals surface area contributed by atoms with Crippen LogP contribution in [0, 0.1) is 5.82 Å². The lowest BCUT2D eigenvalue weighted by Crippen LogP contribution is -2.53. The van der Waals surface area contributed by atoms with Gasteiger partial charge in [0.15, 0.2) is 0 Å². The van der Waals surface area contributed by atoms with E-state index < -0.39 is 42.1 Å². The number of hydrogen-bond acceptors (Lipinski definition) is 2. The maximum absolute atomic E-state index is 13.6. The Balaban J connectivity index is 2.39. The Morgan fingerprint density at radius 2 is 1.92 bits per heavy atom. The number of amides is 1. The lowest BCUT2D eigenvalue weighted by Gasteiger charge is -2.40. The molecule has 1 amide bonds. The third-order valence-electron chi connectivity index (χ3n) is 4.30. The molecule has 4 nitrogen and oxygen atoms in total. The van der Waals surface area contributed by atoms with E-state index in [2.05, 4.69) is 0 Å². The Morgan fingerprint density at radius 1 is 1.28 bits per heavy atom. The molecule has 2 rings (SSSR count). The average molecular weight is 362 g/mol. The SMILES string of the molecule is CC(C)(C)N(C(=O)O)[C@H]1CN(CC(F)(F)F)C[C@@H]1c1cccc(F)c1. The monoisotopic (exact) mass is 362 g/mol. The second-order valence-corrected chi connectivity index (χ2v) is 7.36. The van der Waals surface area contributed by atoms with Crippen LogP contribution in [0.4, 0.5) is 22.4 Å². The number of halogens is 4. The highest BCUT2D eigenvalue weighted by Gasteiger charge is 2.46. The zero-order valence-electron chi connectivity index (χ0n) is 14.3. The fourth-order valence-corrected chi connectivity index (χ4v) is 3.50. The zero-order valence-corrected chi connectivity index (χ0v) is 14.3. The summed E-state index contributed by atoms with van der Waals surface area (Å²) in [5.41, 5.74) is -0.291. The van der Waals surface area contributed by atoms with Crippen molar-refractivity contribution in [3.05, 3.63) is 35.6 Å². The number of hydrogen-bond donors (Lipinski definition) is 1. The standard InChI is InChI=1S/C17H22F4N2O2/c1-16(2,3)23(15(24)25)14-9-22(10-17(19,20)21)8-13(14)11-5-4-6-12(18)7-11/h4-7,13-14H,8-10H2,1-3H3,(H,24,25)/t13-,14+/m1/s1. The van der Waals surface area contributed by atoms with E-state index in [1.807, 2.05) is 0 Å². The number of likely N-dealkylation sites (tertiary alicyclic amines) is 1. The molecule has 2 atom stereocenters. The fourth-order valence-electron chi connectivity index (χ4n) is 3.50. The summed E-state index contributed by atoms with van der Waals surface area (Å²) in [6.07, 6.45) is -5.58. The van der Waals surface area contributed by atoms with Gasteiger partial charge in [-0.2, -0.15) is 13.2 Å². The fraction of sp³-hybridized carbons (Fsp3) is 0.588. The van der Waals surface area contributed by atoms with Gasteiger partial charge < -0.3 is 5.11 Å². The first-order valence-corrected chi connectivity index (χ1v) is 7.95. The van der Waals surface area contributed by atoms with Crippen molar-refractivity contribution in [3.63, 3.8) is 0 Å². The lowest BCUT2D eigenvalue weighted by molar-refractivity contribution is -0.144. The summed E-state index contributed by atoms with van der Waals surface area (Å²) in [5, 5.41) is 9.62. The maximum atomic E-state index is 13.6. The molecule has 1 N–H and O–H groups in total. The molecule has 140 valence electrons. The molecule has 1 heterocycles. The minimum absolute atomic E-state index is 0.0213. The van der Waals surface area contributed by atoms with Crippen LogP contribution in [-0.4, -0.2) is 58.4 Å². The number of carbonyl (C=O) groups is 1. The lowest BCUT2D eigenvalue weighted by atomic mass is 9.90. The van der Waals surface area contributed by atoms with Gasteiger partial charge in [-0.05, 0) is 38.5 Å². The van der Waals surface area contributed by atoms with Gasteiger partial charge in [0.1, 0.15) is 5.82 Å². The van der Waals surface area contributed by atoms with Crippen molar-refractivity contribution in [1.82, 2.24) is 9.80 Å². The molecule has 0 aromatic heterocycles. The molecule has 0 spiro atoms. The molecule has 25 heavy (non-hydrogen) atoms.